The highest BCUT2D eigenvalue weighted by molar-refractivity contribution is 5.94. The van der Waals surface area contributed by atoms with Crippen LogP contribution in [0.5, 0.6) is 0 Å². The van der Waals surface area contributed by atoms with Crippen molar-refractivity contribution in [3.63, 3.8) is 0 Å². The molecule has 2 aromatic rings. The van der Waals surface area contributed by atoms with E-state index in [0.717, 1.165) is 18.4 Å². The fourth-order valence-electron chi connectivity index (χ4n) is 2.53. The first kappa shape index (κ1) is 16.8. The van der Waals surface area contributed by atoms with Crippen molar-refractivity contribution in [1.82, 2.24) is 10.2 Å². The van der Waals surface area contributed by atoms with E-state index < -0.39 is 11.8 Å². The first-order valence-corrected chi connectivity index (χ1v) is 8.04. The van der Waals surface area contributed by atoms with Crippen molar-refractivity contribution in [3.8, 4) is 0 Å². The quantitative estimate of drug-likeness (QED) is 0.791. The van der Waals surface area contributed by atoms with Gasteiger partial charge in [-0.05, 0) is 42.7 Å². The summed E-state index contributed by atoms with van der Waals surface area (Å²) in [5, 5.41) is 2.57. The highest BCUT2D eigenvalue weighted by Crippen LogP contribution is 2.28. The van der Waals surface area contributed by atoms with E-state index in [-0.39, 0.29) is 24.3 Å². The van der Waals surface area contributed by atoms with Crippen LogP contribution >= 0.6 is 0 Å². The molecule has 0 saturated heterocycles. The zero-order chi connectivity index (χ0) is 17.8. The summed E-state index contributed by atoms with van der Waals surface area (Å²) in [7, 11) is 0. The molecule has 7 heteroatoms. The zero-order valence-corrected chi connectivity index (χ0v) is 13.6. The van der Waals surface area contributed by atoms with Crippen molar-refractivity contribution in [2.24, 2.45) is 5.73 Å². The second-order valence-corrected chi connectivity index (χ2v) is 5.97. The monoisotopic (exact) mass is 341 g/mol. The van der Waals surface area contributed by atoms with E-state index in [1.807, 2.05) is 0 Å². The highest BCUT2D eigenvalue weighted by Gasteiger charge is 2.32. The summed E-state index contributed by atoms with van der Waals surface area (Å²) in [6.45, 7) is 0.342. The fourth-order valence-corrected chi connectivity index (χ4v) is 2.53. The molecule has 1 aliphatic carbocycles. The molecule has 130 valence electrons. The van der Waals surface area contributed by atoms with Crippen molar-refractivity contribution in [2.45, 2.75) is 25.4 Å². The molecule has 0 bridgehead atoms. The predicted molar refractivity (Wildman–Crippen MR) is 89.6 cm³/mol. The van der Waals surface area contributed by atoms with Gasteiger partial charge in [0.15, 0.2) is 5.76 Å². The van der Waals surface area contributed by atoms with Crippen LogP contribution in [0, 0.1) is 0 Å². The maximum absolute atomic E-state index is 12.5. The number of nitrogens with zero attached hydrogens (tertiary/aromatic N) is 1. The van der Waals surface area contributed by atoms with Crippen molar-refractivity contribution < 1.29 is 18.8 Å². The second kappa shape index (κ2) is 7.21. The number of primary amides is 1. The third kappa shape index (κ3) is 4.26. The summed E-state index contributed by atoms with van der Waals surface area (Å²) in [4.78, 5) is 37.2. The molecular weight excluding hydrogens is 322 g/mol. The average Bonchev–Trinajstić information content (AvgIpc) is 3.30. The highest BCUT2D eigenvalue weighted by atomic mass is 16.3. The number of furan rings is 1. The van der Waals surface area contributed by atoms with Crippen LogP contribution in [0.3, 0.4) is 0 Å². The number of hydrogen-bond donors (Lipinski definition) is 2. The van der Waals surface area contributed by atoms with Crippen LogP contribution in [-0.2, 0) is 11.3 Å². The topological polar surface area (TPSA) is 106 Å². The second-order valence-electron chi connectivity index (χ2n) is 5.97. The van der Waals surface area contributed by atoms with Crippen molar-refractivity contribution in [1.29, 1.82) is 0 Å². The van der Waals surface area contributed by atoms with Gasteiger partial charge in [-0.25, -0.2) is 0 Å². The Morgan fingerprint density at radius 1 is 1.16 bits per heavy atom. The Bertz CT molecular complexity index is 764. The first-order chi connectivity index (χ1) is 12.0. The molecule has 3 rings (SSSR count). The van der Waals surface area contributed by atoms with E-state index in [2.05, 4.69) is 5.32 Å². The Kier molecular flexibility index (Phi) is 4.83. The summed E-state index contributed by atoms with van der Waals surface area (Å²) in [5.74, 6) is -0.878. The van der Waals surface area contributed by atoms with Crippen LogP contribution in [0.4, 0.5) is 0 Å². The predicted octanol–water partition coefficient (Wildman–Crippen LogP) is 1.30. The van der Waals surface area contributed by atoms with Gasteiger partial charge >= 0.3 is 0 Å². The molecule has 1 fully saturated rings. The van der Waals surface area contributed by atoms with Crippen molar-refractivity contribution in [3.05, 3.63) is 59.5 Å². The smallest absolute Gasteiger partial charge is 0.287 e. The number of benzene rings is 1. The SMILES string of the molecule is NC(=O)c1ccc(CN(C(=O)CNC(=O)c2ccco2)C2CC2)cc1. The molecule has 1 aliphatic rings. The molecule has 1 aromatic heterocycles. The summed E-state index contributed by atoms with van der Waals surface area (Å²) in [6, 6.07) is 10.2. The fraction of sp³-hybridized carbons (Fsp3) is 0.278. The van der Waals surface area contributed by atoms with Gasteiger partial charge in [-0.15, -0.1) is 0 Å². The molecular formula is C18H19N3O4. The van der Waals surface area contributed by atoms with Gasteiger partial charge in [-0.1, -0.05) is 12.1 Å². The lowest BCUT2D eigenvalue weighted by molar-refractivity contribution is -0.131. The Balaban J connectivity index is 1.59. The summed E-state index contributed by atoms with van der Waals surface area (Å²) in [5.41, 5.74) is 6.56. The summed E-state index contributed by atoms with van der Waals surface area (Å²) < 4.78 is 5.00. The van der Waals surface area contributed by atoms with E-state index >= 15 is 0 Å². The van der Waals surface area contributed by atoms with Crippen LogP contribution < -0.4 is 11.1 Å². The minimum Gasteiger partial charge on any atom is -0.459 e. The lowest BCUT2D eigenvalue weighted by atomic mass is 10.1. The van der Waals surface area contributed by atoms with Gasteiger partial charge in [0.05, 0.1) is 12.8 Å². The molecule has 0 atom stereocenters. The molecule has 3 N–H and O–H groups in total. The maximum atomic E-state index is 12.5. The molecule has 1 saturated carbocycles. The van der Waals surface area contributed by atoms with Gasteiger partial charge < -0.3 is 20.4 Å². The Morgan fingerprint density at radius 2 is 1.88 bits per heavy atom. The molecule has 3 amide bonds. The van der Waals surface area contributed by atoms with Gasteiger partial charge in [0, 0.05) is 18.2 Å². The number of nitrogens with two attached hydrogens (primary N) is 1. The number of carbonyl (C=O) groups is 3. The van der Waals surface area contributed by atoms with E-state index in [9.17, 15) is 14.4 Å². The minimum absolute atomic E-state index is 0.0879. The van der Waals surface area contributed by atoms with Gasteiger partial charge in [-0.3, -0.25) is 14.4 Å². The third-order valence-electron chi connectivity index (χ3n) is 4.04. The van der Waals surface area contributed by atoms with Crippen LogP contribution in [0.15, 0.2) is 47.1 Å². The molecule has 1 aromatic carbocycles. The largest absolute Gasteiger partial charge is 0.459 e. The first-order valence-electron chi connectivity index (χ1n) is 8.04. The molecule has 25 heavy (non-hydrogen) atoms. The van der Waals surface area contributed by atoms with Gasteiger partial charge in [0.25, 0.3) is 5.91 Å². The Morgan fingerprint density at radius 3 is 2.44 bits per heavy atom. The Hall–Kier alpha value is -3.09. The number of nitrogens with one attached hydrogen (secondary N) is 1. The van der Waals surface area contributed by atoms with E-state index in [1.165, 1.54) is 6.26 Å². The minimum atomic E-state index is -0.484. The van der Waals surface area contributed by atoms with Gasteiger partial charge in [-0.2, -0.15) is 0 Å². The van der Waals surface area contributed by atoms with Crippen LogP contribution in [0.1, 0.15) is 39.3 Å². The Labute approximate surface area is 144 Å². The number of hydrogen-bond acceptors (Lipinski definition) is 4. The van der Waals surface area contributed by atoms with Crippen LogP contribution in [-0.4, -0.2) is 35.2 Å². The zero-order valence-electron chi connectivity index (χ0n) is 13.6. The van der Waals surface area contributed by atoms with Crippen molar-refractivity contribution >= 4 is 17.7 Å². The van der Waals surface area contributed by atoms with Crippen molar-refractivity contribution in [2.75, 3.05) is 6.54 Å². The van der Waals surface area contributed by atoms with E-state index in [1.54, 1.807) is 41.3 Å². The number of rotatable bonds is 7. The lowest BCUT2D eigenvalue weighted by Gasteiger charge is -2.22. The molecule has 7 nitrogen and oxygen atoms in total. The lowest BCUT2D eigenvalue weighted by Crippen LogP contribution is -2.41. The van der Waals surface area contributed by atoms with Gasteiger partial charge in [0.2, 0.25) is 11.8 Å². The molecule has 0 unspecified atom stereocenters. The molecule has 0 spiro atoms. The van der Waals surface area contributed by atoms with Gasteiger partial charge in [0.1, 0.15) is 0 Å². The molecule has 1 heterocycles. The third-order valence-corrected chi connectivity index (χ3v) is 4.04. The summed E-state index contributed by atoms with van der Waals surface area (Å²) in [6.07, 6.45) is 3.32. The number of carbonyl (C=O) groups excluding carboxylic acids is 3. The van der Waals surface area contributed by atoms with E-state index in [4.69, 9.17) is 10.2 Å². The molecule has 0 radical (unpaired) electrons. The number of amides is 3. The van der Waals surface area contributed by atoms with E-state index in [0.29, 0.717) is 12.1 Å². The maximum Gasteiger partial charge on any atom is 0.287 e. The molecule has 0 aliphatic heterocycles. The summed E-state index contributed by atoms with van der Waals surface area (Å²) >= 11 is 0. The van der Waals surface area contributed by atoms with Crippen LogP contribution in [0.2, 0.25) is 0 Å². The average molecular weight is 341 g/mol. The normalized spacial score (nSPS) is 13.3. The standard InChI is InChI=1S/C18H19N3O4/c19-17(23)13-5-3-12(4-6-13)11-21(14-7-8-14)16(22)10-20-18(24)15-2-1-9-25-15/h1-6,9,14H,7-8,10-11H2,(H2,19,23)(H,20,24). The van der Waals surface area contributed by atoms with Crippen LogP contribution in [0.25, 0.3) is 0 Å².